The van der Waals surface area contributed by atoms with Gasteiger partial charge in [-0.1, -0.05) is 0 Å². The van der Waals surface area contributed by atoms with Crippen LogP contribution in [0.3, 0.4) is 0 Å². The molecule has 0 radical (unpaired) electrons. The van der Waals surface area contributed by atoms with Crippen LogP contribution >= 0.6 is 15.9 Å². The van der Waals surface area contributed by atoms with Crippen LogP contribution in [0.5, 0.6) is 0 Å². The SMILES string of the molecule is CC(C)(O)[C@@H](O)Cn1ncc(Br)c1C1CC1. The van der Waals surface area contributed by atoms with Gasteiger partial charge in [0.1, 0.15) is 6.10 Å². The van der Waals surface area contributed by atoms with Crippen molar-refractivity contribution in [2.75, 3.05) is 0 Å². The summed E-state index contributed by atoms with van der Waals surface area (Å²) in [6, 6.07) is 0. The van der Waals surface area contributed by atoms with E-state index in [1.165, 1.54) is 12.8 Å². The molecule has 0 saturated heterocycles. The highest BCUT2D eigenvalue weighted by Gasteiger charge is 2.32. The van der Waals surface area contributed by atoms with Crippen molar-refractivity contribution in [1.82, 2.24) is 9.78 Å². The molecule has 90 valence electrons. The molecule has 0 amide bonds. The summed E-state index contributed by atoms with van der Waals surface area (Å²) in [6.45, 7) is 3.54. The van der Waals surface area contributed by atoms with Crippen molar-refractivity contribution >= 4 is 15.9 Å². The van der Waals surface area contributed by atoms with Crippen molar-refractivity contribution < 1.29 is 10.2 Å². The fraction of sp³-hybridized carbons (Fsp3) is 0.727. The molecule has 1 aromatic heterocycles. The van der Waals surface area contributed by atoms with Crippen molar-refractivity contribution in [3.8, 4) is 0 Å². The van der Waals surface area contributed by atoms with Gasteiger partial charge in [-0.15, -0.1) is 0 Å². The lowest BCUT2D eigenvalue weighted by molar-refractivity contribution is -0.0569. The van der Waals surface area contributed by atoms with Crippen molar-refractivity contribution in [2.24, 2.45) is 0 Å². The molecule has 1 fully saturated rings. The average molecular weight is 289 g/mol. The molecule has 0 aromatic carbocycles. The van der Waals surface area contributed by atoms with E-state index in [2.05, 4.69) is 21.0 Å². The van der Waals surface area contributed by atoms with E-state index < -0.39 is 11.7 Å². The van der Waals surface area contributed by atoms with Gasteiger partial charge in [0.25, 0.3) is 0 Å². The third kappa shape index (κ3) is 2.47. The third-order valence-electron chi connectivity index (χ3n) is 2.96. The Labute approximate surface area is 103 Å². The number of rotatable bonds is 4. The van der Waals surface area contributed by atoms with Crippen molar-refractivity contribution in [3.63, 3.8) is 0 Å². The zero-order valence-corrected chi connectivity index (χ0v) is 11.1. The zero-order chi connectivity index (χ0) is 11.9. The Morgan fingerprint density at radius 3 is 2.75 bits per heavy atom. The molecule has 16 heavy (non-hydrogen) atoms. The predicted octanol–water partition coefficient (Wildman–Crippen LogP) is 1.65. The van der Waals surface area contributed by atoms with Gasteiger partial charge in [-0.25, -0.2) is 0 Å². The van der Waals surface area contributed by atoms with Crippen LogP contribution in [0.2, 0.25) is 0 Å². The van der Waals surface area contributed by atoms with E-state index in [-0.39, 0.29) is 0 Å². The highest BCUT2D eigenvalue weighted by molar-refractivity contribution is 9.10. The largest absolute Gasteiger partial charge is 0.388 e. The van der Waals surface area contributed by atoms with E-state index >= 15 is 0 Å². The number of halogens is 1. The van der Waals surface area contributed by atoms with Crippen LogP contribution in [0.4, 0.5) is 0 Å². The number of hydrogen-bond acceptors (Lipinski definition) is 3. The van der Waals surface area contributed by atoms with Gasteiger partial charge in [0.2, 0.25) is 0 Å². The number of aliphatic hydroxyl groups is 2. The molecule has 1 aliphatic rings. The summed E-state index contributed by atoms with van der Waals surface area (Å²) in [6.07, 6.45) is 3.31. The minimum absolute atomic E-state index is 0.334. The summed E-state index contributed by atoms with van der Waals surface area (Å²) in [5, 5.41) is 23.8. The second-order valence-corrected chi connectivity index (χ2v) is 5.86. The Bertz CT molecular complexity index is 380. The highest BCUT2D eigenvalue weighted by atomic mass is 79.9. The van der Waals surface area contributed by atoms with Crippen LogP contribution in [0.15, 0.2) is 10.7 Å². The Morgan fingerprint density at radius 2 is 2.25 bits per heavy atom. The quantitative estimate of drug-likeness (QED) is 0.886. The molecular formula is C11H17BrN2O2. The molecule has 0 spiro atoms. The number of aromatic nitrogens is 2. The fourth-order valence-electron chi connectivity index (χ4n) is 1.67. The van der Waals surface area contributed by atoms with Crippen molar-refractivity contribution in [1.29, 1.82) is 0 Å². The molecule has 4 nitrogen and oxygen atoms in total. The topological polar surface area (TPSA) is 58.3 Å². The van der Waals surface area contributed by atoms with Crippen molar-refractivity contribution in [2.45, 2.75) is 50.9 Å². The van der Waals surface area contributed by atoms with Gasteiger partial charge in [-0.2, -0.15) is 5.10 Å². The zero-order valence-electron chi connectivity index (χ0n) is 9.52. The summed E-state index contributed by atoms with van der Waals surface area (Å²) < 4.78 is 2.79. The lowest BCUT2D eigenvalue weighted by atomic mass is 10.0. The standard InChI is InChI=1S/C11H17BrN2O2/c1-11(2,16)9(15)6-14-10(7-3-4-7)8(12)5-13-14/h5,7,9,15-16H,3-4,6H2,1-2H3/t9-/m0/s1. The van der Waals surface area contributed by atoms with Gasteiger partial charge in [-0.3, -0.25) is 4.68 Å². The second-order valence-electron chi connectivity index (χ2n) is 5.00. The van der Waals surface area contributed by atoms with E-state index in [0.29, 0.717) is 12.5 Å². The number of hydrogen-bond donors (Lipinski definition) is 2. The molecule has 1 heterocycles. The van der Waals surface area contributed by atoms with Gasteiger partial charge >= 0.3 is 0 Å². The maximum Gasteiger partial charge on any atom is 0.102 e. The molecular weight excluding hydrogens is 272 g/mol. The van der Waals surface area contributed by atoms with Gasteiger partial charge in [0.05, 0.1) is 28.5 Å². The molecule has 2 N–H and O–H groups in total. The lowest BCUT2D eigenvalue weighted by Crippen LogP contribution is -2.39. The lowest BCUT2D eigenvalue weighted by Gasteiger charge is -2.25. The normalized spacial score (nSPS) is 18.8. The maximum absolute atomic E-state index is 9.85. The Hall–Kier alpha value is -0.390. The van der Waals surface area contributed by atoms with E-state index in [9.17, 15) is 10.2 Å². The molecule has 1 atom stereocenters. The van der Waals surface area contributed by atoms with Gasteiger partial charge in [-0.05, 0) is 42.6 Å². The predicted molar refractivity (Wildman–Crippen MR) is 64.2 cm³/mol. The molecule has 5 heteroatoms. The summed E-state index contributed by atoms with van der Waals surface area (Å²) in [4.78, 5) is 0. The average Bonchev–Trinajstić information content (AvgIpc) is 2.92. The van der Waals surface area contributed by atoms with E-state index in [1.54, 1.807) is 24.7 Å². The molecule has 1 aromatic rings. The summed E-state index contributed by atoms with van der Waals surface area (Å²) in [7, 11) is 0. The van der Waals surface area contributed by atoms with Crippen LogP contribution in [0, 0.1) is 0 Å². The molecule has 2 rings (SSSR count). The van der Waals surface area contributed by atoms with Gasteiger partial charge in [0.15, 0.2) is 0 Å². The first kappa shape index (κ1) is 12.1. The van der Waals surface area contributed by atoms with E-state index in [4.69, 9.17) is 0 Å². The number of aliphatic hydroxyl groups excluding tert-OH is 1. The molecule has 0 aliphatic heterocycles. The summed E-state index contributed by atoms with van der Waals surface area (Å²) in [5.41, 5.74) is 0.0440. The molecule has 0 bridgehead atoms. The number of nitrogens with zero attached hydrogens (tertiary/aromatic N) is 2. The molecule has 1 saturated carbocycles. The summed E-state index contributed by atoms with van der Waals surface area (Å²) >= 11 is 3.47. The minimum Gasteiger partial charge on any atom is -0.388 e. The Balaban J connectivity index is 2.15. The first-order valence-corrected chi connectivity index (χ1v) is 6.30. The van der Waals surface area contributed by atoms with Crippen LogP contribution < -0.4 is 0 Å². The smallest absolute Gasteiger partial charge is 0.102 e. The van der Waals surface area contributed by atoms with Crippen molar-refractivity contribution in [3.05, 3.63) is 16.4 Å². The second kappa shape index (κ2) is 4.13. The highest BCUT2D eigenvalue weighted by Crippen LogP contribution is 2.43. The Kier molecular flexibility index (Phi) is 3.11. The minimum atomic E-state index is -1.10. The Morgan fingerprint density at radius 1 is 1.62 bits per heavy atom. The van der Waals surface area contributed by atoms with E-state index in [1.807, 2.05) is 0 Å². The van der Waals surface area contributed by atoms with Crippen LogP contribution in [-0.4, -0.2) is 31.7 Å². The summed E-state index contributed by atoms with van der Waals surface area (Å²) in [5.74, 6) is 0.561. The monoisotopic (exact) mass is 288 g/mol. The first-order chi connectivity index (χ1) is 7.39. The van der Waals surface area contributed by atoms with Gasteiger partial charge in [0, 0.05) is 5.92 Å². The third-order valence-corrected chi connectivity index (χ3v) is 3.57. The van der Waals surface area contributed by atoms with Crippen LogP contribution in [0.25, 0.3) is 0 Å². The molecule has 1 aliphatic carbocycles. The van der Waals surface area contributed by atoms with Gasteiger partial charge < -0.3 is 10.2 Å². The van der Waals surface area contributed by atoms with Crippen LogP contribution in [-0.2, 0) is 6.54 Å². The van der Waals surface area contributed by atoms with E-state index in [0.717, 1.165) is 10.2 Å². The van der Waals surface area contributed by atoms with Crippen LogP contribution in [0.1, 0.15) is 38.3 Å². The molecule has 0 unspecified atom stereocenters. The fourth-order valence-corrected chi connectivity index (χ4v) is 2.29. The maximum atomic E-state index is 9.85. The first-order valence-electron chi connectivity index (χ1n) is 5.51.